The molecule has 0 aliphatic carbocycles. The van der Waals surface area contributed by atoms with E-state index in [0.29, 0.717) is 12.0 Å². The minimum atomic E-state index is 0.275. The van der Waals surface area contributed by atoms with E-state index in [2.05, 4.69) is 18.4 Å². The monoisotopic (exact) mass is 274 g/mol. The van der Waals surface area contributed by atoms with Gasteiger partial charge in [0.1, 0.15) is 0 Å². The molecule has 1 saturated heterocycles. The SMILES string of the molecule is CCC1OCCC1C(Cc1ccc(Cl)s1)NN. The zero-order valence-electron chi connectivity index (χ0n) is 9.99. The smallest absolute Gasteiger partial charge is 0.0931 e. The fourth-order valence-corrected chi connectivity index (χ4v) is 3.70. The average Bonchev–Trinajstić information content (AvgIpc) is 2.94. The fraction of sp³-hybridized carbons (Fsp3) is 0.667. The van der Waals surface area contributed by atoms with Gasteiger partial charge in [-0.25, -0.2) is 0 Å². The lowest BCUT2D eigenvalue weighted by atomic mass is 9.89. The Morgan fingerprint density at radius 2 is 2.47 bits per heavy atom. The lowest BCUT2D eigenvalue weighted by Crippen LogP contribution is -2.45. The van der Waals surface area contributed by atoms with Crippen molar-refractivity contribution in [3.05, 3.63) is 21.3 Å². The number of hydrogen-bond donors (Lipinski definition) is 2. The van der Waals surface area contributed by atoms with Gasteiger partial charge in [-0.15, -0.1) is 11.3 Å². The number of rotatable bonds is 5. The second-order valence-electron chi connectivity index (χ2n) is 4.45. The van der Waals surface area contributed by atoms with Crippen molar-refractivity contribution in [1.29, 1.82) is 0 Å². The van der Waals surface area contributed by atoms with E-state index in [4.69, 9.17) is 22.2 Å². The van der Waals surface area contributed by atoms with E-state index in [1.54, 1.807) is 11.3 Å². The molecule has 2 heterocycles. The van der Waals surface area contributed by atoms with Crippen LogP contribution in [0.5, 0.6) is 0 Å². The predicted octanol–water partition coefficient (Wildman–Crippen LogP) is 2.59. The lowest BCUT2D eigenvalue weighted by molar-refractivity contribution is 0.0775. The first-order chi connectivity index (χ1) is 8.24. The Balaban J connectivity index is 2.00. The first-order valence-electron chi connectivity index (χ1n) is 6.06. The number of ether oxygens (including phenoxy) is 1. The van der Waals surface area contributed by atoms with Crippen LogP contribution in [-0.4, -0.2) is 18.8 Å². The van der Waals surface area contributed by atoms with E-state index in [-0.39, 0.29) is 6.04 Å². The molecule has 0 radical (unpaired) electrons. The van der Waals surface area contributed by atoms with Gasteiger partial charge in [0.2, 0.25) is 0 Å². The van der Waals surface area contributed by atoms with Crippen molar-refractivity contribution in [3.8, 4) is 0 Å². The van der Waals surface area contributed by atoms with E-state index >= 15 is 0 Å². The molecule has 1 aliphatic rings. The van der Waals surface area contributed by atoms with Crippen molar-refractivity contribution >= 4 is 22.9 Å². The molecule has 0 spiro atoms. The normalized spacial score (nSPS) is 26.3. The van der Waals surface area contributed by atoms with Crippen molar-refractivity contribution < 1.29 is 4.74 Å². The van der Waals surface area contributed by atoms with Gasteiger partial charge in [-0.2, -0.15) is 0 Å². The molecular formula is C12H19ClN2OS. The number of nitrogens with one attached hydrogen (secondary N) is 1. The molecule has 1 aromatic heterocycles. The highest BCUT2D eigenvalue weighted by Crippen LogP contribution is 2.30. The Morgan fingerprint density at radius 1 is 1.65 bits per heavy atom. The van der Waals surface area contributed by atoms with Gasteiger partial charge in [-0.1, -0.05) is 18.5 Å². The summed E-state index contributed by atoms with van der Waals surface area (Å²) >= 11 is 7.57. The van der Waals surface area contributed by atoms with Crippen LogP contribution in [0.2, 0.25) is 4.34 Å². The molecule has 2 rings (SSSR count). The van der Waals surface area contributed by atoms with E-state index in [1.807, 2.05) is 6.07 Å². The summed E-state index contributed by atoms with van der Waals surface area (Å²) in [6.45, 7) is 3.02. The van der Waals surface area contributed by atoms with Crippen molar-refractivity contribution in [2.75, 3.05) is 6.61 Å². The molecule has 1 aliphatic heterocycles. The van der Waals surface area contributed by atoms with Gasteiger partial charge < -0.3 is 4.74 Å². The molecule has 0 saturated carbocycles. The molecule has 3 N–H and O–H groups in total. The molecule has 0 amide bonds. The summed E-state index contributed by atoms with van der Waals surface area (Å²) in [6.07, 6.45) is 3.41. The van der Waals surface area contributed by atoms with Crippen LogP contribution in [0.4, 0.5) is 0 Å². The Hall–Kier alpha value is -0.130. The van der Waals surface area contributed by atoms with Gasteiger partial charge >= 0.3 is 0 Å². The number of thiophene rings is 1. The van der Waals surface area contributed by atoms with Gasteiger partial charge in [-0.3, -0.25) is 11.3 Å². The van der Waals surface area contributed by atoms with Gasteiger partial charge in [0, 0.05) is 23.4 Å². The number of nitrogens with two attached hydrogens (primary N) is 1. The van der Waals surface area contributed by atoms with Gasteiger partial charge in [-0.05, 0) is 31.4 Å². The Morgan fingerprint density at radius 3 is 3.06 bits per heavy atom. The number of hydrogen-bond acceptors (Lipinski definition) is 4. The molecule has 0 bridgehead atoms. The maximum atomic E-state index is 5.94. The number of halogens is 1. The lowest BCUT2D eigenvalue weighted by Gasteiger charge is -2.26. The van der Waals surface area contributed by atoms with Crippen molar-refractivity contribution in [1.82, 2.24) is 5.43 Å². The molecule has 3 nitrogen and oxygen atoms in total. The molecule has 17 heavy (non-hydrogen) atoms. The minimum Gasteiger partial charge on any atom is -0.378 e. The van der Waals surface area contributed by atoms with E-state index < -0.39 is 0 Å². The van der Waals surface area contributed by atoms with Crippen LogP contribution in [0.15, 0.2) is 12.1 Å². The Kier molecular flexibility index (Phi) is 4.82. The van der Waals surface area contributed by atoms with Crippen molar-refractivity contribution in [3.63, 3.8) is 0 Å². The van der Waals surface area contributed by atoms with Gasteiger partial charge in [0.25, 0.3) is 0 Å². The summed E-state index contributed by atoms with van der Waals surface area (Å²) in [5, 5.41) is 0. The molecule has 1 fully saturated rings. The second kappa shape index (κ2) is 6.16. The predicted molar refractivity (Wildman–Crippen MR) is 72.3 cm³/mol. The Bertz CT molecular complexity index is 358. The van der Waals surface area contributed by atoms with Gasteiger partial charge in [0.05, 0.1) is 10.4 Å². The summed E-state index contributed by atoms with van der Waals surface area (Å²) in [7, 11) is 0. The highest BCUT2D eigenvalue weighted by Gasteiger charge is 2.33. The maximum Gasteiger partial charge on any atom is 0.0931 e. The Labute approximate surface area is 111 Å². The van der Waals surface area contributed by atoms with Crippen LogP contribution in [-0.2, 0) is 11.2 Å². The molecule has 96 valence electrons. The highest BCUT2D eigenvalue weighted by atomic mass is 35.5. The van der Waals surface area contributed by atoms with E-state index in [0.717, 1.165) is 30.2 Å². The fourth-order valence-electron chi connectivity index (χ4n) is 2.56. The van der Waals surface area contributed by atoms with Crippen LogP contribution in [0.25, 0.3) is 0 Å². The molecule has 0 aromatic carbocycles. The zero-order valence-corrected chi connectivity index (χ0v) is 11.6. The third-order valence-electron chi connectivity index (χ3n) is 3.44. The van der Waals surface area contributed by atoms with Gasteiger partial charge in [0.15, 0.2) is 0 Å². The molecule has 3 atom stereocenters. The van der Waals surface area contributed by atoms with E-state index in [1.165, 1.54) is 4.88 Å². The summed E-state index contributed by atoms with van der Waals surface area (Å²) in [6, 6.07) is 4.29. The van der Waals surface area contributed by atoms with Crippen LogP contribution in [0, 0.1) is 5.92 Å². The zero-order chi connectivity index (χ0) is 12.3. The van der Waals surface area contributed by atoms with Crippen molar-refractivity contribution in [2.24, 2.45) is 11.8 Å². The van der Waals surface area contributed by atoms with Crippen LogP contribution < -0.4 is 11.3 Å². The first kappa shape index (κ1) is 13.3. The third kappa shape index (κ3) is 3.20. The minimum absolute atomic E-state index is 0.275. The van der Waals surface area contributed by atoms with Crippen molar-refractivity contribution in [2.45, 2.75) is 38.3 Å². The standard InChI is InChI=1S/C12H19ClN2OS/c1-2-11-9(5-6-16-11)10(15-14)7-8-3-4-12(13)17-8/h3-4,9-11,15H,2,5-7,14H2,1H3. The molecule has 3 unspecified atom stereocenters. The van der Waals surface area contributed by atoms with Crippen LogP contribution >= 0.6 is 22.9 Å². The van der Waals surface area contributed by atoms with E-state index in [9.17, 15) is 0 Å². The van der Waals surface area contributed by atoms with Crippen LogP contribution in [0.1, 0.15) is 24.6 Å². The highest BCUT2D eigenvalue weighted by molar-refractivity contribution is 7.16. The first-order valence-corrected chi connectivity index (χ1v) is 7.26. The topological polar surface area (TPSA) is 47.3 Å². The summed E-state index contributed by atoms with van der Waals surface area (Å²) < 4.78 is 6.56. The molecular weight excluding hydrogens is 256 g/mol. The molecule has 5 heteroatoms. The average molecular weight is 275 g/mol. The second-order valence-corrected chi connectivity index (χ2v) is 6.25. The van der Waals surface area contributed by atoms with Crippen LogP contribution in [0.3, 0.4) is 0 Å². The largest absolute Gasteiger partial charge is 0.378 e. The molecule has 1 aromatic rings. The summed E-state index contributed by atoms with van der Waals surface area (Å²) in [5.74, 6) is 6.20. The number of hydrazine groups is 1. The quantitative estimate of drug-likeness (QED) is 0.641. The summed E-state index contributed by atoms with van der Waals surface area (Å²) in [4.78, 5) is 1.28. The maximum absolute atomic E-state index is 5.94. The third-order valence-corrected chi connectivity index (χ3v) is 4.70. The summed E-state index contributed by atoms with van der Waals surface area (Å²) in [5.41, 5.74) is 2.95.